The molecule has 0 bridgehead atoms. The van der Waals surface area contributed by atoms with Crippen molar-refractivity contribution in [2.45, 2.75) is 13.0 Å². The average molecular weight is 402 g/mol. The average Bonchev–Trinajstić information content (AvgIpc) is 3.37. The highest BCUT2D eigenvalue weighted by molar-refractivity contribution is 7.20. The minimum absolute atomic E-state index is 0.0492. The second kappa shape index (κ2) is 9.29. The molecule has 140 valence electrons. The molecule has 3 aromatic rings. The van der Waals surface area contributed by atoms with Crippen LogP contribution in [0.15, 0.2) is 47.2 Å². The Morgan fingerprint density at radius 3 is 2.67 bits per heavy atom. The fraction of sp³-hybridized carbons (Fsp3) is 0.211. The van der Waals surface area contributed by atoms with Gasteiger partial charge >= 0.3 is 5.97 Å². The van der Waals surface area contributed by atoms with Crippen LogP contribution in [0.4, 0.5) is 0 Å². The van der Waals surface area contributed by atoms with Crippen molar-refractivity contribution >= 4 is 34.6 Å². The molecule has 0 aliphatic carbocycles. The summed E-state index contributed by atoms with van der Waals surface area (Å²) >= 11 is 3.09. The second-order valence-electron chi connectivity index (χ2n) is 5.58. The van der Waals surface area contributed by atoms with E-state index in [1.54, 1.807) is 18.4 Å². The summed E-state index contributed by atoms with van der Waals surface area (Å²) in [6, 6.07) is 11.3. The Kier molecular flexibility index (Phi) is 6.56. The Morgan fingerprint density at radius 2 is 1.96 bits per heavy atom. The van der Waals surface area contributed by atoms with Crippen LogP contribution in [0.3, 0.4) is 0 Å². The summed E-state index contributed by atoms with van der Waals surface area (Å²) in [5.41, 5.74) is 1.58. The van der Waals surface area contributed by atoms with E-state index in [9.17, 15) is 9.59 Å². The molecule has 3 rings (SSSR count). The van der Waals surface area contributed by atoms with Crippen molar-refractivity contribution in [3.05, 3.63) is 58.4 Å². The van der Waals surface area contributed by atoms with E-state index in [0.717, 1.165) is 21.2 Å². The highest BCUT2D eigenvalue weighted by Crippen LogP contribution is 2.27. The quantitative estimate of drug-likeness (QED) is 0.585. The molecule has 0 spiro atoms. The topological polar surface area (TPSA) is 77.5 Å². The minimum Gasteiger partial charge on any atom is -0.497 e. The molecule has 27 heavy (non-hydrogen) atoms. The molecule has 0 atom stereocenters. The summed E-state index contributed by atoms with van der Waals surface area (Å²) < 4.78 is 10.1. The van der Waals surface area contributed by atoms with Crippen LogP contribution in [0, 0.1) is 0 Å². The molecule has 0 saturated heterocycles. The van der Waals surface area contributed by atoms with Crippen LogP contribution < -0.4 is 10.1 Å². The standard InChI is InChI=1S/C19H18N2O4S2/c1-24-15-6-4-13(5-7-15)10-20-17(22)11-25-18(23)9-14-12-27-19(21-14)16-3-2-8-26-16/h2-8,12H,9-11H2,1H3,(H,20,22). The van der Waals surface area contributed by atoms with E-state index >= 15 is 0 Å². The number of esters is 1. The van der Waals surface area contributed by atoms with Crippen LogP contribution in [-0.4, -0.2) is 30.6 Å². The Balaban J connectivity index is 1.40. The van der Waals surface area contributed by atoms with Gasteiger partial charge in [0.25, 0.3) is 5.91 Å². The third-order valence-electron chi connectivity index (χ3n) is 3.62. The maximum absolute atomic E-state index is 11.9. The number of hydrogen-bond donors (Lipinski definition) is 1. The lowest BCUT2D eigenvalue weighted by Crippen LogP contribution is -2.28. The first-order valence-electron chi connectivity index (χ1n) is 8.17. The summed E-state index contributed by atoms with van der Waals surface area (Å²) in [5, 5.41) is 7.40. The highest BCUT2D eigenvalue weighted by Gasteiger charge is 2.12. The zero-order valence-electron chi connectivity index (χ0n) is 14.6. The third-order valence-corrected chi connectivity index (χ3v) is 5.55. The summed E-state index contributed by atoms with van der Waals surface area (Å²) in [4.78, 5) is 29.2. The lowest BCUT2D eigenvalue weighted by molar-refractivity contribution is -0.147. The fourth-order valence-corrected chi connectivity index (χ4v) is 3.88. The number of thiazole rings is 1. The van der Waals surface area contributed by atoms with Crippen LogP contribution in [-0.2, 0) is 27.3 Å². The van der Waals surface area contributed by atoms with Gasteiger partial charge in [0.2, 0.25) is 0 Å². The van der Waals surface area contributed by atoms with Crippen LogP contribution in [0.5, 0.6) is 5.75 Å². The molecule has 6 nitrogen and oxygen atoms in total. The number of carbonyl (C=O) groups is 2. The van der Waals surface area contributed by atoms with Crippen LogP contribution in [0.2, 0.25) is 0 Å². The molecule has 1 N–H and O–H groups in total. The molecule has 2 heterocycles. The Morgan fingerprint density at radius 1 is 1.15 bits per heavy atom. The van der Waals surface area contributed by atoms with E-state index in [4.69, 9.17) is 9.47 Å². The van der Waals surface area contributed by atoms with E-state index < -0.39 is 5.97 Å². The number of amides is 1. The first-order valence-corrected chi connectivity index (χ1v) is 9.93. The van der Waals surface area contributed by atoms with Crippen molar-refractivity contribution in [2.24, 2.45) is 0 Å². The summed E-state index contributed by atoms with van der Waals surface area (Å²) in [6.45, 7) is 0.0492. The number of rotatable bonds is 8. The zero-order valence-corrected chi connectivity index (χ0v) is 16.3. The number of thiophene rings is 1. The molecule has 0 aliphatic rings. The highest BCUT2D eigenvalue weighted by atomic mass is 32.1. The lowest BCUT2D eigenvalue weighted by Gasteiger charge is -2.07. The number of benzene rings is 1. The van der Waals surface area contributed by atoms with Crippen LogP contribution in [0.25, 0.3) is 9.88 Å². The van der Waals surface area contributed by atoms with Gasteiger partial charge in [-0.15, -0.1) is 22.7 Å². The molecule has 8 heteroatoms. The molecular formula is C19H18N2O4S2. The van der Waals surface area contributed by atoms with Gasteiger partial charge in [0, 0.05) is 11.9 Å². The van der Waals surface area contributed by atoms with Gasteiger partial charge < -0.3 is 14.8 Å². The van der Waals surface area contributed by atoms with Gasteiger partial charge in [-0.2, -0.15) is 0 Å². The fourth-order valence-electron chi connectivity index (χ4n) is 2.24. The van der Waals surface area contributed by atoms with Gasteiger partial charge in [0.15, 0.2) is 6.61 Å². The van der Waals surface area contributed by atoms with E-state index in [2.05, 4.69) is 10.3 Å². The van der Waals surface area contributed by atoms with E-state index in [1.165, 1.54) is 11.3 Å². The normalized spacial score (nSPS) is 10.4. The maximum Gasteiger partial charge on any atom is 0.312 e. The number of nitrogens with zero attached hydrogens (tertiary/aromatic N) is 1. The van der Waals surface area contributed by atoms with Crippen molar-refractivity contribution in [1.82, 2.24) is 10.3 Å². The lowest BCUT2D eigenvalue weighted by atomic mass is 10.2. The Labute approximate surface area is 164 Å². The third kappa shape index (κ3) is 5.63. The summed E-state index contributed by atoms with van der Waals surface area (Å²) in [7, 11) is 1.60. The molecule has 0 unspecified atom stereocenters. The number of ether oxygens (including phenoxy) is 2. The molecule has 0 fully saturated rings. The van der Waals surface area contributed by atoms with Gasteiger partial charge in [-0.3, -0.25) is 9.59 Å². The van der Waals surface area contributed by atoms with Crippen molar-refractivity contribution < 1.29 is 19.1 Å². The van der Waals surface area contributed by atoms with Crippen LogP contribution >= 0.6 is 22.7 Å². The van der Waals surface area contributed by atoms with E-state index in [-0.39, 0.29) is 18.9 Å². The van der Waals surface area contributed by atoms with Gasteiger partial charge in [0.05, 0.1) is 24.1 Å². The predicted octanol–water partition coefficient (Wildman–Crippen LogP) is 3.28. The van der Waals surface area contributed by atoms with Crippen molar-refractivity contribution in [3.8, 4) is 15.6 Å². The number of hydrogen-bond acceptors (Lipinski definition) is 7. The van der Waals surface area contributed by atoms with Crippen molar-refractivity contribution in [3.63, 3.8) is 0 Å². The zero-order chi connectivity index (χ0) is 19.1. The first kappa shape index (κ1) is 19.1. The van der Waals surface area contributed by atoms with Gasteiger partial charge in [-0.1, -0.05) is 18.2 Å². The molecule has 0 saturated carbocycles. The molecule has 0 radical (unpaired) electrons. The largest absolute Gasteiger partial charge is 0.497 e. The summed E-state index contributed by atoms with van der Waals surface area (Å²) in [5.74, 6) is -0.0716. The van der Waals surface area contributed by atoms with E-state index in [0.29, 0.717) is 12.2 Å². The molecule has 2 aromatic heterocycles. The van der Waals surface area contributed by atoms with Gasteiger partial charge in [-0.05, 0) is 29.1 Å². The number of aromatic nitrogens is 1. The minimum atomic E-state index is -0.474. The maximum atomic E-state index is 11.9. The SMILES string of the molecule is COc1ccc(CNC(=O)COC(=O)Cc2csc(-c3cccs3)n2)cc1. The molecule has 1 amide bonds. The summed E-state index contributed by atoms with van der Waals surface area (Å²) in [6.07, 6.45) is 0.0492. The monoisotopic (exact) mass is 402 g/mol. The Bertz CT molecular complexity index is 889. The van der Waals surface area contributed by atoms with Gasteiger partial charge in [0.1, 0.15) is 10.8 Å². The number of methoxy groups -OCH3 is 1. The van der Waals surface area contributed by atoms with Gasteiger partial charge in [-0.25, -0.2) is 4.98 Å². The number of carbonyl (C=O) groups excluding carboxylic acids is 2. The first-order chi connectivity index (χ1) is 13.1. The smallest absolute Gasteiger partial charge is 0.312 e. The second-order valence-corrected chi connectivity index (χ2v) is 7.39. The Hall–Kier alpha value is -2.71. The van der Waals surface area contributed by atoms with Crippen molar-refractivity contribution in [1.29, 1.82) is 0 Å². The molecule has 1 aromatic carbocycles. The van der Waals surface area contributed by atoms with Crippen molar-refractivity contribution in [2.75, 3.05) is 13.7 Å². The molecular weight excluding hydrogens is 384 g/mol. The predicted molar refractivity (Wildman–Crippen MR) is 105 cm³/mol. The van der Waals surface area contributed by atoms with E-state index in [1.807, 2.05) is 47.2 Å². The van der Waals surface area contributed by atoms with Crippen LogP contribution in [0.1, 0.15) is 11.3 Å². The molecule has 0 aliphatic heterocycles. The number of nitrogens with one attached hydrogen (secondary N) is 1.